The molecule has 0 N–H and O–H groups in total. The minimum atomic E-state index is -0.370. The minimum Gasteiger partial charge on any atom is -0.465 e. The number of ether oxygens (including phenoxy) is 2. The van der Waals surface area contributed by atoms with E-state index in [1.165, 1.54) is 7.11 Å². The Morgan fingerprint density at radius 2 is 2.17 bits per heavy atom. The van der Waals surface area contributed by atoms with Crippen LogP contribution in [0.1, 0.15) is 22.7 Å². The topological polar surface area (TPSA) is 77.7 Å². The average molecular weight is 317 g/mol. The summed E-state index contributed by atoms with van der Waals surface area (Å²) in [5.41, 5.74) is 1.28. The van der Waals surface area contributed by atoms with E-state index >= 15 is 0 Å². The summed E-state index contributed by atoms with van der Waals surface area (Å²) in [4.78, 5) is 18.0. The maximum absolute atomic E-state index is 11.4. The van der Waals surface area contributed by atoms with Crippen molar-refractivity contribution in [2.75, 3.05) is 27.4 Å². The summed E-state index contributed by atoms with van der Waals surface area (Å²) in [6.45, 7) is 2.13. The van der Waals surface area contributed by atoms with Crippen LogP contribution in [-0.2, 0) is 16.0 Å². The third-order valence-electron chi connectivity index (χ3n) is 3.95. The Morgan fingerprint density at radius 3 is 2.83 bits per heavy atom. The molecule has 1 aromatic heterocycles. The summed E-state index contributed by atoms with van der Waals surface area (Å²) in [7, 11) is 3.38. The number of hydrogen-bond donors (Lipinski definition) is 0. The highest BCUT2D eigenvalue weighted by molar-refractivity contribution is 5.89. The van der Waals surface area contributed by atoms with E-state index < -0.39 is 0 Å². The number of carbonyl (C=O) groups is 1. The molecule has 0 amide bonds. The van der Waals surface area contributed by atoms with Crippen molar-refractivity contribution in [3.63, 3.8) is 0 Å². The monoisotopic (exact) mass is 317 g/mol. The molecule has 7 heteroatoms. The van der Waals surface area contributed by atoms with Crippen LogP contribution in [0.3, 0.4) is 0 Å². The molecule has 1 aromatic carbocycles. The van der Waals surface area contributed by atoms with E-state index in [2.05, 4.69) is 19.8 Å². The second-order valence-corrected chi connectivity index (χ2v) is 5.51. The van der Waals surface area contributed by atoms with Crippen molar-refractivity contribution < 1.29 is 18.8 Å². The van der Waals surface area contributed by atoms with Crippen molar-refractivity contribution in [2.45, 2.75) is 19.0 Å². The smallest absolute Gasteiger partial charge is 0.337 e. The molecule has 1 unspecified atom stereocenters. The third-order valence-corrected chi connectivity index (χ3v) is 3.95. The zero-order valence-electron chi connectivity index (χ0n) is 13.2. The lowest BCUT2D eigenvalue weighted by molar-refractivity contribution is 0.0601. The quantitative estimate of drug-likeness (QED) is 0.777. The molecule has 1 aliphatic heterocycles. The van der Waals surface area contributed by atoms with Gasteiger partial charge in [-0.15, -0.1) is 0 Å². The maximum atomic E-state index is 11.4. The first-order valence-corrected chi connectivity index (χ1v) is 7.46. The Hall–Kier alpha value is -2.25. The van der Waals surface area contributed by atoms with Crippen LogP contribution >= 0.6 is 0 Å². The van der Waals surface area contributed by atoms with Gasteiger partial charge in [0.25, 0.3) is 0 Å². The molecule has 2 aromatic rings. The number of hydrogen-bond acceptors (Lipinski definition) is 7. The zero-order valence-corrected chi connectivity index (χ0v) is 13.2. The van der Waals surface area contributed by atoms with Gasteiger partial charge < -0.3 is 14.0 Å². The molecule has 23 heavy (non-hydrogen) atoms. The van der Waals surface area contributed by atoms with E-state index in [-0.39, 0.29) is 5.97 Å². The molecule has 2 heterocycles. The van der Waals surface area contributed by atoms with E-state index in [0.29, 0.717) is 29.9 Å². The molecule has 1 fully saturated rings. The summed E-state index contributed by atoms with van der Waals surface area (Å²) in [5.74, 6) is 0.699. The molecule has 0 aliphatic carbocycles. The van der Waals surface area contributed by atoms with Gasteiger partial charge in [0.1, 0.15) is 0 Å². The summed E-state index contributed by atoms with van der Waals surface area (Å²) in [6.07, 6.45) is 1.02. The first kappa shape index (κ1) is 15.6. The van der Waals surface area contributed by atoms with Gasteiger partial charge in [-0.25, -0.2) is 4.79 Å². The van der Waals surface area contributed by atoms with E-state index in [0.717, 1.165) is 25.2 Å². The highest BCUT2D eigenvalue weighted by atomic mass is 16.5. The first-order chi connectivity index (χ1) is 11.2. The van der Waals surface area contributed by atoms with Crippen LogP contribution in [0.5, 0.6) is 0 Å². The molecular formula is C16H19N3O4. The average Bonchev–Trinajstić information content (AvgIpc) is 3.26. The zero-order chi connectivity index (χ0) is 16.2. The van der Waals surface area contributed by atoms with Gasteiger partial charge in [0, 0.05) is 18.2 Å². The lowest BCUT2D eigenvalue weighted by atomic mass is 10.1. The van der Waals surface area contributed by atoms with Gasteiger partial charge in [0.05, 0.1) is 25.8 Å². The van der Waals surface area contributed by atoms with Crippen LogP contribution in [0.2, 0.25) is 0 Å². The number of methoxy groups -OCH3 is 1. The van der Waals surface area contributed by atoms with Gasteiger partial charge in [-0.3, -0.25) is 4.90 Å². The standard InChI is InChI=1S/C16H19N3O4/c1-19(13-7-8-22-10-13)9-14-17-15(18-23-14)11-3-5-12(6-4-11)16(20)21-2/h3-6,13H,7-10H2,1-2H3. The normalized spacial score (nSPS) is 17.6. The predicted octanol–water partition coefficient (Wildman–Crippen LogP) is 1.74. The van der Waals surface area contributed by atoms with Crippen molar-refractivity contribution in [2.24, 2.45) is 0 Å². The second-order valence-electron chi connectivity index (χ2n) is 5.51. The molecule has 3 rings (SSSR count). The minimum absolute atomic E-state index is 0.370. The van der Waals surface area contributed by atoms with Crippen molar-refractivity contribution in [1.29, 1.82) is 0 Å². The van der Waals surface area contributed by atoms with Crippen molar-refractivity contribution in [3.8, 4) is 11.4 Å². The number of aromatic nitrogens is 2. The van der Waals surface area contributed by atoms with Crippen molar-refractivity contribution in [1.82, 2.24) is 15.0 Å². The summed E-state index contributed by atoms with van der Waals surface area (Å²) < 4.78 is 15.4. The van der Waals surface area contributed by atoms with Crippen molar-refractivity contribution >= 4 is 5.97 Å². The van der Waals surface area contributed by atoms with Gasteiger partial charge in [-0.05, 0) is 25.6 Å². The molecule has 0 radical (unpaired) electrons. The maximum Gasteiger partial charge on any atom is 0.337 e. The highest BCUT2D eigenvalue weighted by Crippen LogP contribution is 2.19. The van der Waals surface area contributed by atoms with Crippen LogP contribution in [-0.4, -0.2) is 54.4 Å². The molecule has 1 aliphatic rings. The highest BCUT2D eigenvalue weighted by Gasteiger charge is 2.22. The summed E-state index contributed by atoms with van der Waals surface area (Å²) in [6, 6.07) is 7.30. The van der Waals surface area contributed by atoms with E-state index in [1.807, 2.05) is 7.05 Å². The van der Waals surface area contributed by atoms with Crippen LogP contribution in [0.4, 0.5) is 0 Å². The number of benzene rings is 1. The molecule has 0 saturated carbocycles. The number of esters is 1. The molecule has 0 spiro atoms. The van der Waals surface area contributed by atoms with Gasteiger partial charge in [-0.2, -0.15) is 4.98 Å². The molecule has 1 saturated heterocycles. The van der Waals surface area contributed by atoms with Crippen LogP contribution < -0.4 is 0 Å². The lowest BCUT2D eigenvalue weighted by Gasteiger charge is -2.20. The SMILES string of the molecule is COC(=O)c1ccc(-c2noc(CN(C)C3CCOC3)n2)cc1. The Balaban J connectivity index is 1.67. The van der Waals surface area contributed by atoms with Gasteiger partial charge in [0.15, 0.2) is 0 Å². The van der Waals surface area contributed by atoms with Crippen LogP contribution in [0.15, 0.2) is 28.8 Å². The van der Waals surface area contributed by atoms with E-state index in [1.54, 1.807) is 24.3 Å². The molecule has 7 nitrogen and oxygen atoms in total. The Kier molecular flexibility index (Phi) is 4.68. The fourth-order valence-electron chi connectivity index (χ4n) is 2.52. The molecule has 1 atom stereocenters. The lowest BCUT2D eigenvalue weighted by Crippen LogP contribution is -2.31. The first-order valence-electron chi connectivity index (χ1n) is 7.46. The Bertz CT molecular complexity index is 662. The number of likely N-dealkylation sites (N-methyl/N-ethyl adjacent to an activating group) is 1. The molecular weight excluding hydrogens is 298 g/mol. The van der Waals surface area contributed by atoms with Gasteiger partial charge >= 0.3 is 5.97 Å². The van der Waals surface area contributed by atoms with E-state index in [4.69, 9.17) is 9.26 Å². The largest absolute Gasteiger partial charge is 0.465 e. The van der Waals surface area contributed by atoms with Gasteiger partial charge in [0.2, 0.25) is 11.7 Å². The molecule has 122 valence electrons. The van der Waals surface area contributed by atoms with Crippen molar-refractivity contribution in [3.05, 3.63) is 35.7 Å². The number of carbonyl (C=O) groups excluding carboxylic acids is 1. The third kappa shape index (κ3) is 3.57. The Morgan fingerprint density at radius 1 is 1.39 bits per heavy atom. The fraction of sp³-hybridized carbons (Fsp3) is 0.438. The molecule has 0 bridgehead atoms. The number of nitrogens with zero attached hydrogens (tertiary/aromatic N) is 3. The number of rotatable bonds is 5. The predicted molar refractivity (Wildman–Crippen MR) is 81.8 cm³/mol. The summed E-state index contributed by atoms with van der Waals surface area (Å²) >= 11 is 0. The van der Waals surface area contributed by atoms with Crippen LogP contribution in [0.25, 0.3) is 11.4 Å². The van der Waals surface area contributed by atoms with Crippen LogP contribution in [0, 0.1) is 0 Å². The Labute approximate surface area is 134 Å². The van der Waals surface area contributed by atoms with Gasteiger partial charge in [-0.1, -0.05) is 17.3 Å². The van der Waals surface area contributed by atoms with E-state index in [9.17, 15) is 4.79 Å². The fourth-order valence-corrected chi connectivity index (χ4v) is 2.52. The second kappa shape index (κ2) is 6.89. The summed E-state index contributed by atoms with van der Waals surface area (Å²) in [5, 5.41) is 4.00.